The number of rotatable bonds is 26. The Hall–Kier alpha value is -0.790. The summed E-state index contributed by atoms with van der Waals surface area (Å²) in [4.78, 5) is 23.8. The van der Waals surface area contributed by atoms with Gasteiger partial charge in [-0.05, 0) is 38.8 Å². The molecule has 0 aromatic heterocycles. The first-order valence-corrected chi connectivity index (χ1v) is 14.8. The number of amides is 1. The average molecular weight is 502 g/mol. The minimum Gasteiger partial charge on any atom is -0.480 e. The van der Waals surface area contributed by atoms with Crippen molar-refractivity contribution < 1.29 is 14.7 Å². The summed E-state index contributed by atoms with van der Waals surface area (Å²) in [5, 5.41) is 15.2. The SMILES string of the molecule is CCCCCCCCCCCCCCCCCCN[C@H](CS)C(=O)N[C@@H](CCCCN)C(=O)O. The lowest BCUT2D eigenvalue weighted by atomic mass is 10.0. The van der Waals surface area contributed by atoms with Crippen LogP contribution in [-0.2, 0) is 9.59 Å². The Bertz CT molecular complexity index is 480. The third-order valence-electron chi connectivity index (χ3n) is 6.48. The van der Waals surface area contributed by atoms with Gasteiger partial charge in [0.15, 0.2) is 0 Å². The van der Waals surface area contributed by atoms with E-state index >= 15 is 0 Å². The van der Waals surface area contributed by atoms with Gasteiger partial charge in [-0.25, -0.2) is 4.79 Å². The van der Waals surface area contributed by atoms with E-state index in [1.807, 2.05) is 0 Å². The summed E-state index contributed by atoms with van der Waals surface area (Å²) < 4.78 is 0. The van der Waals surface area contributed by atoms with Gasteiger partial charge in [0.2, 0.25) is 5.91 Å². The lowest BCUT2D eigenvalue weighted by molar-refractivity contribution is -0.142. The molecule has 0 unspecified atom stereocenters. The first-order valence-electron chi connectivity index (χ1n) is 14.1. The standard InChI is InChI=1S/C27H55N3O3S/c1-2-3-4-5-6-7-8-9-10-11-12-13-14-15-16-19-22-29-25(23-34)26(31)30-24(27(32)33)20-17-18-21-28/h24-25,29,34H,2-23,28H2,1H3,(H,30,31)(H,32,33)/t24-,25+/m0/s1. The molecule has 5 N–H and O–H groups in total. The molecule has 1 amide bonds. The van der Waals surface area contributed by atoms with Crippen molar-refractivity contribution in [3.63, 3.8) is 0 Å². The fourth-order valence-electron chi connectivity index (χ4n) is 4.21. The van der Waals surface area contributed by atoms with E-state index in [2.05, 4.69) is 30.2 Å². The number of nitrogens with one attached hydrogen (secondary N) is 2. The summed E-state index contributed by atoms with van der Waals surface area (Å²) in [6.45, 7) is 3.55. The van der Waals surface area contributed by atoms with Crippen molar-refractivity contribution in [2.24, 2.45) is 5.73 Å². The molecule has 34 heavy (non-hydrogen) atoms. The molecule has 0 saturated heterocycles. The minimum absolute atomic E-state index is 0.286. The maximum absolute atomic E-state index is 12.4. The van der Waals surface area contributed by atoms with Gasteiger partial charge in [0.1, 0.15) is 6.04 Å². The summed E-state index contributed by atoms with van der Waals surface area (Å²) in [5.74, 6) is -0.937. The number of hydrogen-bond donors (Lipinski definition) is 5. The Morgan fingerprint density at radius 3 is 1.62 bits per heavy atom. The Kier molecular flexibility index (Phi) is 24.7. The molecule has 0 fully saturated rings. The molecule has 0 aromatic carbocycles. The maximum atomic E-state index is 12.4. The molecule has 202 valence electrons. The van der Waals surface area contributed by atoms with Gasteiger partial charge in [-0.2, -0.15) is 12.6 Å². The predicted molar refractivity (Wildman–Crippen MR) is 148 cm³/mol. The van der Waals surface area contributed by atoms with Gasteiger partial charge < -0.3 is 21.5 Å². The molecule has 6 nitrogen and oxygen atoms in total. The van der Waals surface area contributed by atoms with Crippen LogP contribution < -0.4 is 16.4 Å². The van der Waals surface area contributed by atoms with E-state index in [0.29, 0.717) is 25.1 Å². The van der Waals surface area contributed by atoms with Crippen LogP contribution >= 0.6 is 12.6 Å². The molecule has 2 atom stereocenters. The second-order valence-electron chi connectivity index (χ2n) is 9.68. The van der Waals surface area contributed by atoms with Crippen LogP contribution in [0, 0.1) is 0 Å². The van der Waals surface area contributed by atoms with E-state index in [-0.39, 0.29) is 5.91 Å². The smallest absolute Gasteiger partial charge is 0.326 e. The zero-order chi connectivity index (χ0) is 25.3. The normalized spacial score (nSPS) is 13.0. The molecule has 0 rings (SSSR count). The van der Waals surface area contributed by atoms with Gasteiger partial charge in [-0.15, -0.1) is 0 Å². The minimum atomic E-state index is -0.999. The molecule has 0 heterocycles. The quantitative estimate of drug-likeness (QED) is 0.0757. The highest BCUT2D eigenvalue weighted by atomic mass is 32.1. The van der Waals surface area contributed by atoms with E-state index in [1.165, 1.54) is 89.9 Å². The third-order valence-corrected chi connectivity index (χ3v) is 6.85. The molecular weight excluding hydrogens is 446 g/mol. The zero-order valence-electron chi connectivity index (χ0n) is 22.0. The molecular formula is C27H55N3O3S. The molecule has 0 bridgehead atoms. The fourth-order valence-corrected chi connectivity index (χ4v) is 4.51. The molecule has 0 saturated carbocycles. The lowest BCUT2D eigenvalue weighted by Gasteiger charge is -2.20. The number of carbonyl (C=O) groups is 2. The summed E-state index contributed by atoms with van der Waals surface area (Å²) in [6, 6.07) is -1.32. The number of aliphatic carboxylic acids is 1. The fraction of sp³-hybridized carbons (Fsp3) is 0.926. The van der Waals surface area contributed by atoms with Gasteiger partial charge in [-0.1, -0.05) is 103 Å². The van der Waals surface area contributed by atoms with Crippen LogP contribution in [0.25, 0.3) is 0 Å². The van der Waals surface area contributed by atoms with Crippen LogP contribution in [-0.4, -0.2) is 47.9 Å². The largest absolute Gasteiger partial charge is 0.480 e. The van der Waals surface area contributed by atoms with Gasteiger partial charge in [0.05, 0.1) is 6.04 Å². The van der Waals surface area contributed by atoms with E-state index in [9.17, 15) is 14.7 Å². The van der Waals surface area contributed by atoms with Crippen LogP contribution in [0.5, 0.6) is 0 Å². The van der Waals surface area contributed by atoms with Crippen LogP contribution in [0.4, 0.5) is 0 Å². The summed E-state index contributed by atoms with van der Waals surface area (Å²) in [7, 11) is 0. The molecule has 0 aliphatic heterocycles. The Morgan fingerprint density at radius 1 is 0.735 bits per heavy atom. The monoisotopic (exact) mass is 501 g/mol. The zero-order valence-corrected chi connectivity index (χ0v) is 22.9. The van der Waals surface area contributed by atoms with Crippen LogP contribution in [0.3, 0.4) is 0 Å². The van der Waals surface area contributed by atoms with E-state index < -0.39 is 18.1 Å². The molecule has 0 aliphatic rings. The molecule has 0 aliphatic carbocycles. The highest BCUT2D eigenvalue weighted by Gasteiger charge is 2.23. The average Bonchev–Trinajstić information content (AvgIpc) is 2.82. The third kappa shape index (κ3) is 20.6. The van der Waals surface area contributed by atoms with Gasteiger partial charge in [0.25, 0.3) is 0 Å². The number of carboxylic acids is 1. The van der Waals surface area contributed by atoms with Crippen molar-refractivity contribution in [3.8, 4) is 0 Å². The van der Waals surface area contributed by atoms with Crippen LogP contribution in [0.2, 0.25) is 0 Å². The second-order valence-corrected chi connectivity index (χ2v) is 10.0. The first-order chi connectivity index (χ1) is 16.6. The lowest BCUT2D eigenvalue weighted by Crippen LogP contribution is -2.51. The topological polar surface area (TPSA) is 104 Å². The highest BCUT2D eigenvalue weighted by molar-refractivity contribution is 7.80. The van der Waals surface area contributed by atoms with E-state index in [4.69, 9.17) is 5.73 Å². The number of hydrogen-bond acceptors (Lipinski definition) is 5. The predicted octanol–water partition coefficient (Wildman–Crippen LogP) is 5.83. The Balaban J connectivity index is 3.64. The van der Waals surface area contributed by atoms with Gasteiger partial charge >= 0.3 is 5.97 Å². The second kappa shape index (κ2) is 25.3. The van der Waals surface area contributed by atoms with Crippen molar-refractivity contribution >= 4 is 24.5 Å². The first kappa shape index (κ1) is 33.2. The van der Waals surface area contributed by atoms with Gasteiger partial charge in [0, 0.05) is 5.75 Å². The van der Waals surface area contributed by atoms with Crippen LogP contribution in [0.15, 0.2) is 0 Å². The number of carbonyl (C=O) groups excluding carboxylic acids is 1. The van der Waals surface area contributed by atoms with Crippen molar-refractivity contribution in [1.29, 1.82) is 0 Å². The van der Waals surface area contributed by atoms with E-state index in [0.717, 1.165) is 25.8 Å². The van der Waals surface area contributed by atoms with Crippen molar-refractivity contribution in [3.05, 3.63) is 0 Å². The molecule has 0 spiro atoms. The van der Waals surface area contributed by atoms with Crippen molar-refractivity contribution in [1.82, 2.24) is 10.6 Å². The number of unbranched alkanes of at least 4 members (excludes halogenated alkanes) is 16. The molecule has 7 heteroatoms. The summed E-state index contributed by atoms with van der Waals surface area (Å²) >= 11 is 4.26. The number of nitrogens with two attached hydrogens (primary N) is 1. The van der Waals surface area contributed by atoms with Crippen LogP contribution in [0.1, 0.15) is 129 Å². The van der Waals surface area contributed by atoms with E-state index in [1.54, 1.807) is 0 Å². The molecule has 0 radical (unpaired) electrons. The Morgan fingerprint density at radius 2 is 1.21 bits per heavy atom. The van der Waals surface area contributed by atoms with Gasteiger partial charge in [-0.3, -0.25) is 4.79 Å². The van der Waals surface area contributed by atoms with Crippen molar-refractivity contribution in [2.75, 3.05) is 18.8 Å². The number of carboxylic acid groups (broad SMARTS) is 1. The van der Waals surface area contributed by atoms with Crippen molar-refractivity contribution in [2.45, 2.75) is 141 Å². The Labute approximate surface area is 215 Å². The summed E-state index contributed by atoms with van der Waals surface area (Å²) in [5.41, 5.74) is 5.46. The molecule has 0 aromatic rings. The number of thiol groups is 1. The maximum Gasteiger partial charge on any atom is 0.326 e. The highest BCUT2D eigenvalue weighted by Crippen LogP contribution is 2.13. The summed E-state index contributed by atoms with van der Waals surface area (Å²) in [6.07, 6.45) is 23.2.